The first kappa shape index (κ1) is 13.8. The lowest BCUT2D eigenvalue weighted by Gasteiger charge is -2.16. The van der Waals surface area contributed by atoms with Crippen LogP contribution >= 0.6 is 0 Å². The van der Waals surface area contributed by atoms with Gasteiger partial charge < -0.3 is 14.5 Å². The third-order valence-corrected chi connectivity index (χ3v) is 2.66. The summed E-state index contributed by atoms with van der Waals surface area (Å²) in [7, 11) is 0. The number of hydrazone groups is 1. The van der Waals surface area contributed by atoms with Crippen molar-refractivity contribution in [3.05, 3.63) is 24.2 Å². The molecule has 1 aliphatic rings. The van der Waals surface area contributed by atoms with Gasteiger partial charge >= 0.3 is 12.1 Å². The van der Waals surface area contributed by atoms with E-state index in [-0.39, 0.29) is 6.54 Å². The molecule has 8 heteroatoms. The highest BCUT2D eigenvalue weighted by atomic mass is 16.3. The molecule has 8 nitrogen and oxygen atoms in total. The normalized spacial score (nSPS) is 16.8. The number of nitrogens with one attached hydrogen (secondary N) is 1. The van der Waals surface area contributed by atoms with Gasteiger partial charge in [0.05, 0.1) is 31.6 Å². The van der Waals surface area contributed by atoms with Crippen molar-refractivity contribution in [2.45, 2.75) is 13.0 Å². The Hall–Kier alpha value is -2.64. The molecule has 0 aromatic carbocycles. The van der Waals surface area contributed by atoms with Gasteiger partial charge in [-0.3, -0.25) is 0 Å². The van der Waals surface area contributed by atoms with E-state index in [1.165, 1.54) is 19.4 Å². The zero-order valence-corrected chi connectivity index (χ0v) is 10.9. The van der Waals surface area contributed by atoms with Crippen molar-refractivity contribution >= 4 is 24.6 Å². The molecule has 1 aromatic heterocycles. The van der Waals surface area contributed by atoms with E-state index < -0.39 is 18.1 Å². The predicted octanol–water partition coefficient (Wildman–Crippen LogP) is 0.648. The number of carbonyl (C=O) groups is 3. The highest BCUT2D eigenvalue weighted by Gasteiger charge is 2.33. The van der Waals surface area contributed by atoms with Gasteiger partial charge in [0.25, 0.3) is 0 Å². The van der Waals surface area contributed by atoms with Crippen LogP contribution < -0.4 is 5.32 Å². The Morgan fingerprint density at radius 3 is 3.00 bits per heavy atom. The summed E-state index contributed by atoms with van der Waals surface area (Å²) >= 11 is 0. The molecular weight excluding hydrogens is 264 g/mol. The second-order valence-corrected chi connectivity index (χ2v) is 4.19. The summed E-state index contributed by atoms with van der Waals surface area (Å²) in [4.78, 5) is 35.1. The molecule has 0 bridgehead atoms. The van der Waals surface area contributed by atoms with Crippen LogP contribution in [-0.4, -0.2) is 53.6 Å². The van der Waals surface area contributed by atoms with Crippen LogP contribution in [0.1, 0.15) is 12.7 Å². The Kier molecular flexibility index (Phi) is 4.14. The zero-order chi connectivity index (χ0) is 14.5. The van der Waals surface area contributed by atoms with E-state index in [9.17, 15) is 14.4 Å². The molecule has 2 rings (SSSR count). The predicted molar refractivity (Wildman–Crippen MR) is 69.2 cm³/mol. The Morgan fingerprint density at radius 2 is 2.35 bits per heavy atom. The van der Waals surface area contributed by atoms with E-state index in [0.717, 1.165) is 9.91 Å². The molecule has 20 heavy (non-hydrogen) atoms. The van der Waals surface area contributed by atoms with Crippen molar-refractivity contribution in [3.63, 3.8) is 0 Å². The van der Waals surface area contributed by atoms with E-state index in [2.05, 4.69) is 10.4 Å². The van der Waals surface area contributed by atoms with Crippen molar-refractivity contribution in [2.24, 2.45) is 5.10 Å². The van der Waals surface area contributed by atoms with Crippen LogP contribution in [0.4, 0.5) is 9.59 Å². The molecule has 0 aliphatic carbocycles. The molecule has 1 N–H and O–H groups in total. The standard InChI is InChI=1S/C12H14N4O4/c1-9(8-17)14-11(18)15-4-5-16(12(15)19)13-7-10-3-2-6-20-10/h2-3,6-9H,4-5H2,1H3,(H,14,18). The number of imide groups is 1. The van der Waals surface area contributed by atoms with Gasteiger partial charge in [-0.05, 0) is 19.1 Å². The van der Waals surface area contributed by atoms with Crippen LogP contribution in [0.3, 0.4) is 0 Å². The minimum absolute atomic E-state index is 0.214. The minimum atomic E-state index is -0.643. The van der Waals surface area contributed by atoms with Crippen LogP contribution in [0.25, 0.3) is 0 Å². The fourth-order valence-corrected chi connectivity index (χ4v) is 1.62. The van der Waals surface area contributed by atoms with E-state index in [4.69, 9.17) is 4.42 Å². The van der Waals surface area contributed by atoms with Crippen LogP contribution in [0, 0.1) is 0 Å². The highest BCUT2D eigenvalue weighted by molar-refractivity contribution is 5.96. The topological polar surface area (TPSA) is 95.2 Å². The number of urea groups is 2. The summed E-state index contributed by atoms with van der Waals surface area (Å²) in [6, 6.07) is 1.61. The molecule has 4 amide bonds. The molecule has 1 unspecified atom stereocenters. The third-order valence-electron chi connectivity index (χ3n) is 2.66. The molecule has 1 fully saturated rings. The molecule has 106 valence electrons. The smallest absolute Gasteiger partial charge is 0.348 e. The average molecular weight is 278 g/mol. The number of rotatable bonds is 4. The first-order valence-corrected chi connectivity index (χ1v) is 6.04. The summed E-state index contributed by atoms with van der Waals surface area (Å²) in [6.07, 6.45) is 3.48. The molecule has 1 saturated heterocycles. The van der Waals surface area contributed by atoms with Gasteiger partial charge in [-0.2, -0.15) is 5.10 Å². The molecule has 0 radical (unpaired) electrons. The van der Waals surface area contributed by atoms with Crippen molar-refractivity contribution in [3.8, 4) is 0 Å². The van der Waals surface area contributed by atoms with Crippen molar-refractivity contribution in [1.29, 1.82) is 0 Å². The van der Waals surface area contributed by atoms with Crippen molar-refractivity contribution < 1.29 is 18.8 Å². The van der Waals surface area contributed by atoms with E-state index in [1.54, 1.807) is 12.1 Å². The van der Waals surface area contributed by atoms with E-state index in [0.29, 0.717) is 18.6 Å². The highest BCUT2D eigenvalue weighted by Crippen LogP contribution is 2.09. The number of amides is 4. The number of hydrogen-bond donors (Lipinski definition) is 1. The molecule has 1 aliphatic heterocycles. The summed E-state index contributed by atoms with van der Waals surface area (Å²) in [6.45, 7) is 2.03. The Bertz CT molecular complexity index is 526. The Balaban J connectivity index is 1.95. The minimum Gasteiger partial charge on any atom is -0.463 e. The fraction of sp³-hybridized carbons (Fsp3) is 0.333. The van der Waals surface area contributed by atoms with Gasteiger partial charge in [-0.15, -0.1) is 0 Å². The number of hydrogen-bond acceptors (Lipinski definition) is 5. The average Bonchev–Trinajstić information content (AvgIpc) is 3.06. The van der Waals surface area contributed by atoms with E-state index in [1.807, 2.05) is 0 Å². The fourth-order valence-electron chi connectivity index (χ4n) is 1.62. The maximum absolute atomic E-state index is 11.9. The maximum Gasteiger partial charge on any atom is 0.348 e. The zero-order valence-electron chi connectivity index (χ0n) is 10.9. The van der Waals surface area contributed by atoms with Crippen LogP contribution in [0.15, 0.2) is 27.9 Å². The first-order chi connectivity index (χ1) is 9.61. The lowest BCUT2D eigenvalue weighted by molar-refractivity contribution is -0.109. The molecule has 0 saturated carbocycles. The number of nitrogens with zero attached hydrogens (tertiary/aromatic N) is 3. The van der Waals surface area contributed by atoms with Crippen molar-refractivity contribution in [1.82, 2.24) is 15.2 Å². The van der Waals surface area contributed by atoms with Gasteiger partial charge in [0, 0.05) is 0 Å². The van der Waals surface area contributed by atoms with Gasteiger partial charge in [0.1, 0.15) is 12.0 Å². The summed E-state index contributed by atoms with van der Waals surface area (Å²) in [5, 5.41) is 7.51. The van der Waals surface area contributed by atoms with Gasteiger partial charge in [-0.25, -0.2) is 19.5 Å². The monoisotopic (exact) mass is 278 g/mol. The summed E-state index contributed by atoms with van der Waals surface area (Å²) in [5.74, 6) is 0.510. The number of aldehydes is 1. The number of carbonyl (C=O) groups excluding carboxylic acids is 3. The van der Waals surface area contributed by atoms with Gasteiger partial charge in [0.2, 0.25) is 0 Å². The van der Waals surface area contributed by atoms with Gasteiger partial charge in [0.15, 0.2) is 0 Å². The lowest BCUT2D eigenvalue weighted by atomic mass is 10.4. The first-order valence-electron chi connectivity index (χ1n) is 6.04. The Morgan fingerprint density at radius 1 is 1.55 bits per heavy atom. The molecule has 0 spiro atoms. The Labute approximate surface area is 115 Å². The molecule has 2 heterocycles. The summed E-state index contributed by atoms with van der Waals surface area (Å²) in [5.41, 5.74) is 0. The van der Waals surface area contributed by atoms with Gasteiger partial charge in [-0.1, -0.05) is 0 Å². The quantitative estimate of drug-likeness (QED) is 0.646. The third kappa shape index (κ3) is 3.02. The number of furan rings is 1. The molecule has 1 atom stereocenters. The second-order valence-electron chi connectivity index (χ2n) is 4.19. The van der Waals surface area contributed by atoms with Crippen molar-refractivity contribution in [2.75, 3.05) is 13.1 Å². The SMILES string of the molecule is CC(C=O)NC(=O)N1CCN(N=Cc2ccco2)C1=O. The lowest BCUT2D eigenvalue weighted by Crippen LogP contribution is -2.45. The molecular formula is C12H14N4O4. The molecule has 1 aromatic rings. The largest absolute Gasteiger partial charge is 0.463 e. The van der Waals surface area contributed by atoms with E-state index >= 15 is 0 Å². The second kappa shape index (κ2) is 6.00. The van der Waals surface area contributed by atoms with Crippen LogP contribution in [-0.2, 0) is 4.79 Å². The van der Waals surface area contributed by atoms with Crippen LogP contribution in [0.5, 0.6) is 0 Å². The van der Waals surface area contributed by atoms with Crippen LogP contribution in [0.2, 0.25) is 0 Å². The maximum atomic E-state index is 11.9. The summed E-state index contributed by atoms with van der Waals surface area (Å²) < 4.78 is 5.05.